The number of carbonyl (C=O) groups is 1. The summed E-state index contributed by atoms with van der Waals surface area (Å²) >= 11 is 0. The predicted octanol–water partition coefficient (Wildman–Crippen LogP) is 4.94. The molecule has 2 atom stereocenters. The van der Waals surface area contributed by atoms with Crippen LogP contribution in [-0.4, -0.2) is 24.2 Å². The fourth-order valence-corrected chi connectivity index (χ4v) is 3.10. The highest BCUT2D eigenvalue weighted by Gasteiger charge is 2.25. The van der Waals surface area contributed by atoms with Gasteiger partial charge in [-0.15, -0.1) is 0 Å². The maximum absolute atomic E-state index is 12.9. The van der Waals surface area contributed by atoms with Crippen LogP contribution >= 0.6 is 0 Å². The van der Waals surface area contributed by atoms with Crippen molar-refractivity contribution in [2.45, 2.75) is 58.5 Å². The molecule has 0 fully saturated rings. The number of rotatable bonds is 9. The second-order valence-electron chi connectivity index (χ2n) is 8.54. The Kier molecular flexibility index (Phi) is 8.61. The molecule has 0 spiro atoms. The zero-order chi connectivity index (χ0) is 21.1. The van der Waals surface area contributed by atoms with Crippen molar-refractivity contribution in [1.29, 1.82) is 5.26 Å². The van der Waals surface area contributed by atoms with Gasteiger partial charge in [0.25, 0.3) is 0 Å². The van der Waals surface area contributed by atoms with Crippen LogP contribution in [0.3, 0.4) is 0 Å². The van der Waals surface area contributed by atoms with Crippen molar-refractivity contribution in [3.05, 3.63) is 71.8 Å². The molecule has 0 aliphatic rings. The first-order valence-electron chi connectivity index (χ1n) is 10.2. The van der Waals surface area contributed by atoms with E-state index in [2.05, 4.69) is 49.3 Å². The number of amides is 1. The van der Waals surface area contributed by atoms with Crippen LogP contribution in [0.5, 0.6) is 0 Å². The summed E-state index contributed by atoms with van der Waals surface area (Å²) in [5, 5.41) is 12.4. The van der Waals surface area contributed by atoms with Crippen molar-refractivity contribution in [2.75, 3.05) is 0 Å². The number of hydrogen-bond acceptors (Lipinski definition) is 3. The molecule has 152 valence electrons. The Morgan fingerprint density at radius 2 is 1.72 bits per heavy atom. The summed E-state index contributed by atoms with van der Waals surface area (Å²) in [6.45, 7) is 6.27. The zero-order valence-corrected chi connectivity index (χ0v) is 17.6. The molecular weight excluding hydrogens is 358 g/mol. The Balaban J connectivity index is 1.97. The van der Waals surface area contributed by atoms with Gasteiger partial charge in [0.1, 0.15) is 12.1 Å². The molecule has 0 aliphatic carbocycles. The summed E-state index contributed by atoms with van der Waals surface area (Å²) in [6.07, 6.45) is 4.73. The lowest BCUT2D eigenvalue weighted by atomic mass is 9.88. The molecule has 0 saturated carbocycles. The van der Waals surface area contributed by atoms with Gasteiger partial charge in [-0.3, -0.25) is 9.79 Å². The monoisotopic (exact) mass is 389 g/mol. The molecule has 0 aromatic heterocycles. The molecule has 0 saturated heterocycles. The highest BCUT2D eigenvalue weighted by Crippen LogP contribution is 2.23. The van der Waals surface area contributed by atoms with E-state index in [-0.39, 0.29) is 11.3 Å². The van der Waals surface area contributed by atoms with Crippen LogP contribution in [0.1, 0.15) is 51.2 Å². The predicted molar refractivity (Wildman–Crippen MR) is 119 cm³/mol. The highest BCUT2D eigenvalue weighted by molar-refractivity contribution is 5.87. The highest BCUT2D eigenvalue weighted by atomic mass is 16.2. The van der Waals surface area contributed by atoms with E-state index >= 15 is 0 Å². The SMILES string of the molecule is CC(C)(C)CC(N=Cc1ccccc1)C(=O)NC(C#N)CCCc1ccccc1. The number of hydrogen-bond donors (Lipinski definition) is 1. The van der Waals surface area contributed by atoms with Crippen LogP contribution in [0.15, 0.2) is 65.7 Å². The van der Waals surface area contributed by atoms with Gasteiger partial charge < -0.3 is 5.32 Å². The summed E-state index contributed by atoms with van der Waals surface area (Å²) in [5.74, 6) is -0.182. The average Bonchev–Trinajstić information content (AvgIpc) is 2.71. The van der Waals surface area contributed by atoms with Gasteiger partial charge in [-0.2, -0.15) is 5.26 Å². The van der Waals surface area contributed by atoms with E-state index in [0.29, 0.717) is 12.8 Å². The van der Waals surface area contributed by atoms with Crippen molar-refractivity contribution >= 4 is 12.1 Å². The molecule has 2 aromatic rings. The number of nitrogens with one attached hydrogen (secondary N) is 1. The first kappa shape index (κ1) is 22.4. The number of aryl methyl sites for hydroxylation is 1. The second-order valence-corrected chi connectivity index (χ2v) is 8.54. The van der Waals surface area contributed by atoms with E-state index in [1.807, 2.05) is 48.5 Å². The zero-order valence-electron chi connectivity index (χ0n) is 17.6. The van der Waals surface area contributed by atoms with Crippen LogP contribution in [0.4, 0.5) is 0 Å². The normalized spacial score (nSPS) is 13.6. The molecule has 1 amide bonds. The number of nitriles is 1. The summed E-state index contributed by atoms with van der Waals surface area (Å²) in [4.78, 5) is 17.4. The van der Waals surface area contributed by atoms with Crippen LogP contribution in [0.25, 0.3) is 0 Å². The van der Waals surface area contributed by atoms with E-state index in [1.165, 1.54) is 5.56 Å². The first-order chi connectivity index (χ1) is 13.9. The van der Waals surface area contributed by atoms with Gasteiger partial charge >= 0.3 is 0 Å². The van der Waals surface area contributed by atoms with E-state index in [4.69, 9.17) is 0 Å². The van der Waals surface area contributed by atoms with Gasteiger partial charge in [-0.05, 0) is 42.2 Å². The summed E-state index contributed by atoms with van der Waals surface area (Å²) in [7, 11) is 0. The van der Waals surface area contributed by atoms with E-state index < -0.39 is 12.1 Å². The minimum atomic E-state index is -0.514. The molecule has 2 rings (SSSR count). The van der Waals surface area contributed by atoms with Gasteiger partial charge in [0.05, 0.1) is 6.07 Å². The molecule has 1 N–H and O–H groups in total. The van der Waals surface area contributed by atoms with Crippen LogP contribution in [0.2, 0.25) is 0 Å². The van der Waals surface area contributed by atoms with Crippen molar-refractivity contribution in [2.24, 2.45) is 10.4 Å². The molecule has 29 heavy (non-hydrogen) atoms. The van der Waals surface area contributed by atoms with Crippen molar-refractivity contribution in [3.8, 4) is 6.07 Å². The number of nitrogens with zero attached hydrogens (tertiary/aromatic N) is 2. The molecule has 0 bridgehead atoms. The lowest BCUT2D eigenvalue weighted by Crippen LogP contribution is -2.41. The molecule has 0 heterocycles. The van der Waals surface area contributed by atoms with Gasteiger partial charge in [0, 0.05) is 6.21 Å². The molecule has 2 aromatic carbocycles. The fourth-order valence-electron chi connectivity index (χ4n) is 3.10. The molecular formula is C25H31N3O. The van der Waals surface area contributed by atoms with Gasteiger partial charge in [0.15, 0.2) is 0 Å². The molecule has 0 radical (unpaired) electrons. The number of aliphatic imine (C=N–C) groups is 1. The minimum Gasteiger partial charge on any atom is -0.339 e. The van der Waals surface area contributed by atoms with Gasteiger partial charge in [-0.1, -0.05) is 81.4 Å². The van der Waals surface area contributed by atoms with E-state index in [9.17, 15) is 10.1 Å². The summed E-state index contributed by atoms with van der Waals surface area (Å²) in [5.41, 5.74) is 2.15. The van der Waals surface area contributed by atoms with Crippen molar-refractivity contribution in [1.82, 2.24) is 5.32 Å². The Labute approximate surface area is 174 Å². The number of carbonyl (C=O) groups excluding carboxylic acids is 1. The van der Waals surface area contributed by atoms with E-state index in [1.54, 1.807) is 6.21 Å². The third-order valence-electron chi connectivity index (χ3n) is 4.58. The Morgan fingerprint density at radius 3 is 2.31 bits per heavy atom. The Bertz CT molecular complexity index is 817. The lowest BCUT2D eigenvalue weighted by Gasteiger charge is -2.24. The third-order valence-corrected chi connectivity index (χ3v) is 4.58. The molecule has 4 heteroatoms. The van der Waals surface area contributed by atoms with Gasteiger partial charge in [-0.25, -0.2) is 0 Å². The maximum Gasteiger partial charge on any atom is 0.245 e. The topological polar surface area (TPSA) is 65.2 Å². The summed E-state index contributed by atoms with van der Waals surface area (Å²) < 4.78 is 0. The summed E-state index contributed by atoms with van der Waals surface area (Å²) in [6, 6.07) is 21.1. The quantitative estimate of drug-likeness (QED) is 0.617. The van der Waals surface area contributed by atoms with Gasteiger partial charge in [0.2, 0.25) is 5.91 Å². The Hall–Kier alpha value is -2.93. The third kappa shape index (κ3) is 8.74. The smallest absolute Gasteiger partial charge is 0.245 e. The van der Waals surface area contributed by atoms with Crippen molar-refractivity contribution < 1.29 is 4.79 Å². The number of benzene rings is 2. The standard InChI is InChI=1S/C25H31N3O/c1-25(2,3)17-23(27-19-21-13-8-5-9-14-21)24(29)28-22(18-26)16-10-15-20-11-6-4-7-12-20/h4-9,11-14,19,22-23H,10,15-17H2,1-3H3,(H,28,29). The molecule has 2 unspecified atom stereocenters. The van der Waals surface area contributed by atoms with E-state index in [0.717, 1.165) is 18.4 Å². The first-order valence-corrected chi connectivity index (χ1v) is 10.2. The Morgan fingerprint density at radius 1 is 1.10 bits per heavy atom. The van der Waals surface area contributed by atoms with Crippen molar-refractivity contribution in [3.63, 3.8) is 0 Å². The maximum atomic E-state index is 12.9. The average molecular weight is 390 g/mol. The second kappa shape index (κ2) is 11.2. The largest absolute Gasteiger partial charge is 0.339 e. The van der Waals surface area contributed by atoms with Crippen LogP contribution < -0.4 is 5.32 Å². The lowest BCUT2D eigenvalue weighted by molar-refractivity contribution is -0.123. The van der Waals surface area contributed by atoms with Crippen LogP contribution in [-0.2, 0) is 11.2 Å². The molecule has 0 aliphatic heterocycles. The minimum absolute atomic E-state index is 0.0501. The van der Waals surface area contributed by atoms with Crippen LogP contribution in [0, 0.1) is 16.7 Å². The molecule has 4 nitrogen and oxygen atoms in total. The fraction of sp³-hybridized carbons (Fsp3) is 0.400.